The van der Waals surface area contributed by atoms with Gasteiger partial charge >= 0.3 is 0 Å². The van der Waals surface area contributed by atoms with E-state index in [-0.39, 0.29) is 11.9 Å². The van der Waals surface area contributed by atoms with Gasteiger partial charge in [-0.1, -0.05) is 24.3 Å². The van der Waals surface area contributed by atoms with Gasteiger partial charge in [0.15, 0.2) is 0 Å². The van der Waals surface area contributed by atoms with Gasteiger partial charge < -0.3 is 5.32 Å². The summed E-state index contributed by atoms with van der Waals surface area (Å²) < 4.78 is 0. The summed E-state index contributed by atoms with van der Waals surface area (Å²) in [7, 11) is 0. The number of benzene rings is 1. The fourth-order valence-corrected chi connectivity index (χ4v) is 1.83. The normalized spacial score (nSPS) is 12.2. The third-order valence-electron chi connectivity index (χ3n) is 2.57. The van der Waals surface area contributed by atoms with Crippen LogP contribution in [0, 0.1) is 6.92 Å². The van der Waals surface area contributed by atoms with Crippen LogP contribution in [-0.2, 0) is 4.79 Å². The van der Waals surface area contributed by atoms with Gasteiger partial charge in [-0.15, -0.1) is 11.6 Å². The highest BCUT2D eigenvalue weighted by atomic mass is 35.5. The van der Waals surface area contributed by atoms with Crippen molar-refractivity contribution in [1.82, 2.24) is 5.32 Å². The molecule has 1 N–H and O–H groups in total. The summed E-state index contributed by atoms with van der Waals surface area (Å²) in [5, 5.41) is 2.97. The predicted molar refractivity (Wildman–Crippen MR) is 67.7 cm³/mol. The molecular weight excluding hydrogens is 222 g/mol. The zero-order chi connectivity index (χ0) is 12.0. The molecule has 0 bridgehead atoms. The lowest BCUT2D eigenvalue weighted by molar-refractivity contribution is -0.121. The molecule has 1 unspecified atom stereocenters. The number of carbonyl (C=O) groups excluding carboxylic acids is 1. The monoisotopic (exact) mass is 239 g/mol. The Balaban J connectivity index is 2.55. The van der Waals surface area contributed by atoms with Crippen molar-refractivity contribution in [3.8, 4) is 0 Å². The van der Waals surface area contributed by atoms with Crippen LogP contribution < -0.4 is 5.32 Å². The molecule has 1 aromatic carbocycles. The van der Waals surface area contributed by atoms with Gasteiger partial charge in [-0.05, 0) is 31.4 Å². The smallest absolute Gasteiger partial charge is 0.220 e. The van der Waals surface area contributed by atoms with E-state index in [4.69, 9.17) is 11.6 Å². The Labute approximate surface area is 102 Å². The van der Waals surface area contributed by atoms with Crippen molar-refractivity contribution >= 4 is 17.5 Å². The molecule has 1 amide bonds. The van der Waals surface area contributed by atoms with Gasteiger partial charge in [0, 0.05) is 12.3 Å². The Morgan fingerprint density at radius 3 is 2.75 bits per heavy atom. The second-order valence-corrected chi connectivity index (χ2v) is 4.32. The number of aryl methyl sites for hydroxylation is 1. The minimum atomic E-state index is 0.0593. The van der Waals surface area contributed by atoms with Crippen molar-refractivity contribution in [2.75, 3.05) is 5.88 Å². The van der Waals surface area contributed by atoms with E-state index < -0.39 is 0 Å². The number of rotatable bonds is 5. The van der Waals surface area contributed by atoms with Gasteiger partial charge in [0.25, 0.3) is 0 Å². The maximum atomic E-state index is 11.5. The number of nitrogens with one attached hydrogen (secondary N) is 1. The van der Waals surface area contributed by atoms with Crippen molar-refractivity contribution in [3.63, 3.8) is 0 Å². The minimum absolute atomic E-state index is 0.0593. The second kappa shape index (κ2) is 6.54. The van der Waals surface area contributed by atoms with E-state index in [2.05, 4.69) is 18.3 Å². The van der Waals surface area contributed by atoms with Crippen molar-refractivity contribution in [1.29, 1.82) is 0 Å². The van der Waals surface area contributed by atoms with Crippen LogP contribution in [0.4, 0.5) is 0 Å². The van der Waals surface area contributed by atoms with Crippen molar-refractivity contribution < 1.29 is 4.79 Å². The molecule has 0 radical (unpaired) electrons. The van der Waals surface area contributed by atoms with E-state index in [0.717, 1.165) is 6.42 Å². The SMILES string of the molecule is Cc1ccccc1C(C)NC(=O)CCCCl. The highest BCUT2D eigenvalue weighted by molar-refractivity contribution is 6.17. The zero-order valence-electron chi connectivity index (χ0n) is 9.79. The molecule has 0 heterocycles. The summed E-state index contributed by atoms with van der Waals surface area (Å²) in [4.78, 5) is 11.5. The topological polar surface area (TPSA) is 29.1 Å². The van der Waals surface area contributed by atoms with Crippen LogP contribution >= 0.6 is 11.6 Å². The van der Waals surface area contributed by atoms with E-state index in [9.17, 15) is 4.79 Å². The minimum Gasteiger partial charge on any atom is -0.350 e. The van der Waals surface area contributed by atoms with Crippen LogP contribution in [0.1, 0.15) is 36.9 Å². The lowest BCUT2D eigenvalue weighted by atomic mass is 10.0. The Morgan fingerprint density at radius 2 is 2.12 bits per heavy atom. The molecule has 0 aliphatic heterocycles. The van der Waals surface area contributed by atoms with E-state index in [1.807, 2.05) is 25.1 Å². The van der Waals surface area contributed by atoms with Crippen LogP contribution in [-0.4, -0.2) is 11.8 Å². The Hall–Kier alpha value is -1.02. The van der Waals surface area contributed by atoms with Crippen LogP contribution in [0.15, 0.2) is 24.3 Å². The molecule has 1 aromatic rings. The van der Waals surface area contributed by atoms with Gasteiger partial charge in [0.1, 0.15) is 0 Å². The number of carbonyl (C=O) groups is 1. The maximum Gasteiger partial charge on any atom is 0.220 e. The van der Waals surface area contributed by atoms with Gasteiger partial charge in [0.05, 0.1) is 6.04 Å². The highest BCUT2D eigenvalue weighted by Crippen LogP contribution is 2.16. The molecule has 2 nitrogen and oxygen atoms in total. The zero-order valence-corrected chi connectivity index (χ0v) is 10.6. The molecule has 0 aliphatic rings. The van der Waals surface area contributed by atoms with Crippen LogP contribution in [0.25, 0.3) is 0 Å². The Kier molecular flexibility index (Phi) is 5.33. The first-order chi connectivity index (χ1) is 7.65. The first-order valence-electron chi connectivity index (χ1n) is 5.56. The third kappa shape index (κ3) is 3.86. The summed E-state index contributed by atoms with van der Waals surface area (Å²) in [5.41, 5.74) is 2.37. The summed E-state index contributed by atoms with van der Waals surface area (Å²) >= 11 is 5.54. The maximum absolute atomic E-state index is 11.5. The first-order valence-corrected chi connectivity index (χ1v) is 6.09. The number of hydrogen-bond acceptors (Lipinski definition) is 1. The Morgan fingerprint density at radius 1 is 1.44 bits per heavy atom. The summed E-state index contributed by atoms with van der Waals surface area (Å²) in [6, 6.07) is 8.15. The molecular formula is C13H18ClNO. The Bertz CT molecular complexity index is 352. The standard InChI is InChI=1S/C13H18ClNO/c1-10-6-3-4-7-12(10)11(2)15-13(16)8-5-9-14/h3-4,6-7,11H,5,8-9H2,1-2H3,(H,15,16). The van der Waals surface area contributed by atoms with Gasteiger partial charge in [-0.25, -0.2) is 0 Å². The molecule has 3 heteroatoms. The van der Waals surface area contributed by atoms with Gasteiger partial charge in [-0.2, -0.15) is 0 Å². The highest BCUT2D eigenvalue weighted by Gasteiger charge is 2.10. The molecule has 0 saturated carbocycles. The second-order valence-electron chi connectivity index (χ2n) is 3.94. The number of amides is 1. The molecule has 1 rings (SSSR count). The summed E-state index contributed by atoms with van der Waals surface area (Å²) in [6.07, 6.45) is 1.23. The van der Waals surface area contributed by atoms with E-state index in [0.29, 0.717) is 12.3 Å². The number of alkyl halides is 1. The molecule has 0 spiro atoms. The van der Waals surface area contributed by atoms with Crippen LogP contribution in [0.3, 0.4) is 0 Å². The molecule has 88 valence electrons. The van der Waals surface area contributed by atoms with E-state index >= 15 is 0 Å². The fourth-order valence-electron chi connectivity index (χ4n) is 1.69. The van der Waals surface area contributed by atoms with Gasteiger partial charge in [0.2, 0.25) is 5.91 Å². The summed E-state index contributed by atoms with van der Waals surface area (Å²) in [6.45, 7) is 4.05. The lowest BCUT2D eigenvalue weighted by Gasteiger charge is -2.16. The van der Waals surface area contributed by atoms with E-state index in [1.165, 1.54) is 11.1 Å². The average molecular weight is 240 g/mol. The fraction of sp³-hybridized carbons (Fsp3) is 0.462. The molecule has 0 saturated heterocycles. The predicted octanol–water partition coefficient (Wildman–Crippen LogP) is 3.19. The van der Waals surface area contributed by atoms with Crippen molar-refractivity contribution in [2.24, 2.45) is 0 Å². The van der Waals surface area contributed by atoms with Crippen molar-refractivity contribution in [3.05, 3.63) is 35.4 Å². The molecule has 0 fully saturated rings. The lowest BCUT2D eigenvalue weighted by Crippen LogP contribution is -2.26. The molecule has 16 heavy (non-hydrogen) atoms. The molecule has 0 aliphatic carbocycles. The third-order valence-corrected chi connectivity index (χ3v) is 2.84. The molecule has 0 aromatic heterocycles. The molecule has 1 atom stereocenters. The van der Waals surface area contributed by atoms with Crippen LogP contribution in [0.2, 0.25) is 0 Å². The quantitative estimate of drug-likeness (QED) is 0.786. The van der Waals surface area contributed by atoms with E-state index in [1.54, 1.807) is 0 Å². The van der Waals surface area contributed by atoms with Gasteiger partial charge in [-0.3, -0.25) is 4.79 Å². The summed E-state index contributed by atoms with van der Waals surface area (Å²) in [5.74, 6) is 0.600. The van der Waals surface area contributed by atoms with Crippen molar-refractivity contribution in [2.45, 2.75) is 32.7 Å². The van der Waals surface area contributed by atoms with Crippen LogP contribution in [0.5, 0.6) is 0 Å². The number of halogens is 1. The average Bonchev–Trinajstić information content (AvgIpc) is 2.26. The largest absolute Gasteiger partial charge is 0.350 e. The number of hydrogen-bond donors (Lipinski definition) is 1. The first kappa shape index (κ1) is 13.0.